The van der Waals surface area contributed by atoms with E-state index >= 15 is 0 Å². The molecule has 108 valence electrons. The van der Waals surface area contributed by atoms with Gasteiger partial charge in [-0.1, -0.05) is 29.3 Å². The number of benzene rings is 2. The molecule has 0 saturated carbocycles. The van der Waals surface area contributed by atoms with Crippen molar-refractivity contribution in [1.82, 2.24) is 0 Å². The number of hydrogen-bond acceptors (Lipinski definition) is 2. The van der Waals surface area contributed by atoms with Crippen LogP contribution in [0, 0.1) is 6.92 Å². The molecule has 0 saturated heterocycles. The molecule has 0 radical (unpaired) electrons. The van der Waals surface area contributed by atoms with Crippen LogP contribution in [0.2, 0.25) is 10.0 Å². The van der Waals surface area contributed by atoms with Gasteiger partial charge < -0.3 is 9.84 Å². The number of rotatable bonds is 4. The van der Waals surface area contributed by atoms with Crippen molar-refractivity contribution in [2.45, 2.75) is 6.92 Å². The number of carbonyl (C=O) groups is 1. The predicted octanol–water partition coefficient (Wildman–Crippen LogP) is 5.19. The lowest BCUT2D eigenvalue weighted by molar-refractivity contribution is -0.131. The minimum atomic E-state index is -0.986. The van der Waals surface area contributed by atoms with E-state index in [9.17, 15) is 4.79 Å². The largest absolute Gasteiger partial charge is 0.478 e. The van der Waals surface area contributed by atoms with E-state index in [1.165, 1.54) is 6.08 Å². The molecule has 0 bridgehead atoms. The number of aliphatic carboxylic acids is 1. The Kier molecular flexibility index (Phi) is 4.89. The summed E-state index contributed by atoms with van der Waals surface area (Å²) < 4.78 is 5.69. The van der Waals surface area contributed by atoms with Gasteiger partial charge in [0, 0.05) is 17.2 Å². The molecule has 0 aliphatic rings. The standard InChI is InChI=1S/C16H12Cl2O3/c1-10-8-13(5-2-11(10)3-7-16(19)20)21-15-9-12(17)4-6-14(15)18/h2-9H,1H3,(H,19,20). The van der Waals surface area contributed by atoms with E-state index in [0.29, 0.717) is 21.5 Å². The van der Waals surface area contributed by atoms with Crippen molar-refractivity contribution in [3.63, 3.8) is 0 Å². The van der Waals surface area contributed by atoms with Crippen LogP contribution in [0.4, 0.5) is 0 Å². The van der Waals surface area contributed by atoms with Crippen molar-refractivity contribution in [1.29, 1.82) is 0 Å². The molecule has 2 aromatic carbocycles. The Balaban J connectivity index is 2.24. The normalized spacial score (nSPS) is 10.8. The topological polar surface area (TPSA) is 46.5 Å². The summed E-state index contributed by atoms with van der Waals surface area (Å²) in [5.41, 5.74) is 1.70. The zero-order chi connectivity index (χ0) is 15.4. The molecule has 0 spiro atoms. The molecule has 1 N–H and O–H groups in total. The Morgan fingerprint density at radius 3 is 2.62 bits per heavy atom. The quantitative estimate of drug-likeness (QED) is 0.787. The second-order valence-electron chi connectivity index (χ2n) is 4.37. The summed E-state index contributed by atoms with van der Waals surface area (Å²) in [6, 6.07) is 10.3. The Labute approximate surface area is 132 Å². The van der Waals surface area contributed by atoms with Crippen molar-refractivity contribution < 1.29 is 14.6 Å². The smallest absolute Gasteiger partial charge is 0.328 e. The summed E-state index contributed by atoms with van der Waals surface area (Å²) in [5.74, 6) is 0.0852. The molecule has 21 heavy (non-hydrogen) atoms. The first-order chi connectivity index (χ1) is 9.95. The average molecular weight is 323 g/mol. The lowest BCUT2D eigenvalue weighted by atomic mass is 10.1. The SMILES string of the molecule is Cc1cc(Oc2cc(Cl)ccc2Cl)ccc1C=CC(=O)O. The van der Waals surface area contributed by atoms with Crippen LogP contribution in [0.3, 0.4) is 0 Å². The van der Waals surface area contributed by atoms with Gasteiger partial charge in [-0.15, -0.1) is 0 Å². The molecule has 0 aliphatic heterocycles. The fourth-order valence-corrected chi connectivity index (χ4v) is 2.06. The van der Waals surface area contributed by atoms with Crippen LogP contribution in [0.5, 0.6) is 11.5 Å². The maximum absolute atomic E-state index is 10.5. The summed E-state index contributed by atoms with van der Waals surface area (Å²) in [4.78, 5) is 10.5. The molecule has 0 aromatic heterocycles. The summed E-state index contributed by atoms with van der Waals surface area (Å²) >= 11 is 11.9. The lowest BCUT2D eigenvalue weighted by Crippen LogP contribution is -1.89. The molecular formula is C16H12Cl2O3. The fraction of sp³-hybridized carbons (Fsp3) is 0.0625. The first-order valence-corrected chi connectivity index (χ1v) is 6.86. The number of carboxylic acid groups (broad SMARTS) is 1. The first kappa shape index (κ1) is 15.4. The van der Waals surface area contributed by atoms with Gasteiger partial charge in [-0.3, -0.25) is 0 Å². The molecule has 5 heteroatoms. The van der Waals surface area contributed by atoms with Gasteiger partial charge in [-0.25, -0.2) is 4.79 Å². The summed E-state index contributed by atoms with van der Waals surface area (Å²) in [7, 11) is 0. The second-order valence-corrected chi connectivity index (χ2v) is 5.21. The van der Waals surface area contributed by atoms with E-state index in [1.807, 2.05) is 6.92 Å². The first-order valence-electron chi connectivity index (χ1n) is 6.10. The van der Waals surface area contributed by atoms with Crippen LogP contribution in [0.15, 0.2) is 42.5 Å². The van der Waals surface area contributed by atoms with Crippen molar-refractivity contribution in [2.75, 3.05) is 0 Å². The van der Waals surface area contributed by atoms with Gasteiger partial charge in [0.1, 0.15) is 11.5 Å². The van der Waals surface area contributed by atoms with Crippen LogP contribution in [-0.4, -0.2) is 11.1 Å². The molecule has 3 nitrogen and oxygen atoms in total. The van der Waals surface area contributed by atoms with Gasteiger partial charge in [0.25, 0.3) is 0 Å². The van der Waals surface area contributed by atoms with Gasteiger partial charge in [-0.2, -0.15) is 0 Å². The van der Waals surface area contributed by atoms with Crippen LogP contribution in [-0.2, 0) is 4.79 Å². The fourth-order valence-electron chi connectivity index (χ4n) is 1.74. The molecule has 2 rings (SSSR count). The van der Waals surface area contributed by atoms with Crippen molar-refractivity contribution >= 4 is 35.2 Å². The second kappa shape index (κ2) is 6.66. The summed E-state index contributed by atoms with van der Waals surface area (Å²) in [5, 5.41) is 9.63. The number of halogens is 2. The summed E-state index contributed by atoms with van der Waals surface area (Å²) in [6.45, 7) is 1.87. The average Bonchev–Trinajstić information content (AvgIpc) is 2.42. The Hall–Kier alpha value is -1.97. The highest BCUT2D eigenvalue weighted by Crippen LogP contribution is 2.32. The molecule has 0 amide bonds. The maximum atomic E-state index is 10.5. The van der Waals surface area contributed by atoms with Gasteiger partial charge in [0.05, 0.1) is 5.02 Å². The Bertz CT molecular complexity index is 709. The third-order valence-corrected chi connectivity index (χ3v) is 3.32. The minimum absolute atomic E-state index is 0.465. The van der Waals surface area contributed by atoms with Crippen LogP contribution >= 0.6 is 23.2 Å². The van der Waals surface area contributed by atoms with Crippen LogP contribution in [0.25, 0.3) is 6.08 Å². The van der Waals surface area contributed by atoms with E-state index in [4.69, 9.17) is 33.0 Å². The summed E-state index contributed by atoms with van der Waals surface area (Å²) in [6.07, 6.45) is 2.63. The number of aryl methyl sites for hydroxylation is 1. The van der Waals surface area contributed by atoms with E-state index in [2.05, 4.69) is 0 Å². The molecule has 2 aromatic rings. The van der Waals surface area contributed by atoms with E-state index < -0.39 is 5.97 Å². The zero-order valence-corrected chi connectivity index (χ0v) is 12.7. The minimum Gasteiger partial charge on any atom is -0.478 e. The molecule has 0 unspecified atom stereocenters. The van der Waals surface area contributed by atoms with Crippen LogP contribution < -0.4 is 4.74 Å². The molecule has 0 atom stereocenters. The highest BCUT2D eigenvalue weighted by Gasteiger charge is 2.05. The van der Waals surface area contributed by atoms with E-state index in [-0.39, 0.29) is 0 Å². The van der Waals surface area contributed by atoms with Gasteiger partial charge in [0.15, 0.2) is 0 Å². The molecule has 0 fully saturated rings. The molecule has 0 aliphatic carbocycles. The monoisotopic (exact) mass is 322 g/mol. The third kappa shape index (κ3) is 4.25. The van der Waals surface area contributed by atoms with Crippen molar-refractivity contribution in [3.05, 3.63) is 63.6 Å². The number of carboxylic acids is 1. The van der Waals surface area contributed by atoms with Crippen molar-refractivity contribution in [3.8, 4) is 11.5 Å². The zero-order valence-electron chi connectivity index (χ0n) is 11.1. The highest BCUT2D eigenvalue weighted by atomic mass is 35.5. The van der Waals surface area contributed by atoms with Gasteiger partial charge in [0.2, 0.25) is 0 Å². The maximum Gasteiger partial charge on any atom is 0.328 e. The van der Waals surface area contributed by atoms with E-state index in [1.54, 1.807) is 36.4 Å². The van der Waals surface area contributed by atoms with E-state index in [0.717, 1.165) is 17.2 Å². The predicted molar refractivity (Wildman–Crippen MR) is 84.4 cm³/mol. The lowest BCUT2D eigenvalue weighted by Gasteiger charge is -2.10. The Morgan fingerprint density at radius 2 is 1.95 bits per heavy atom. The van der Waals surface area contributed by atoms with Gasteiger partial charge in [-0.05, 0) is 48.4 Å². The van der Waals surface area contributed by atoms with Gasteiger partial charge >= 0.3 is 5.97 Å². The van der Waals surface area contributed by atoms with Crippen molar-refractivity contribution in [2.24, 2.45) is 0 Å². The third-order valence-electron chi connectivity index (χ3n) is 2.77. The molecular weight excluding hydrogens is 311 g/mol. The molecule has 0 heterocycles. The Morgan fingerprint density at radius 1 is 1.19 bits per heavy atom. The number of ether oxygens (including phenoxy) is 1. The highest BCUT2D eigenvalue weighted by molar-refractivity contribution is 6.34. The van der Waals surface area contributed by atoms with Crippen LogP contribution in [0.1, 0.15) is 11.1 Å². The number of hydrogen-bond donors (Lipinski definition) is 1.